The van der Waals surface area contributed by atoms with Crippen LogP contribution >= 0.6 is 11.6 Å². The third kappa shape index (κ3) is 5.62. The third-order valence-corrected chi connectivity index (χ3v) is 6.39. The first-order valence-corrected chi connectivity index (χ1v) is 11.1. The Balaban J connectivity index is 1.63. The van der Waals surface area contributed by atoms with E-state index in [4.69, 9.17) is 16.3 Å². The number of nitrogens with zero attached hydrogens (tertiary/aromatic N) is 2. The number of anilines is 1. The minimum atomic E-state index is -3.75. The number of halogens is 1. The fraction of sp³-hybridized carbons (Fsp3) is 0.350. The van der Waals surface area contributed by atoms with Crippen LogP contribution in [0.4, 0.5) is 5.69 Å². The number of carbonyl (C=O) groups is 1. The van der Waals surface area contributed by atoms with Crippen molar-refractivity contribution in [2.45, 2.75) is 11.8 Å². The van der Waals surface area contributed by atoms with Crippen LogP contribution in [0.3, 0.4) is 0 Å². The molecule has 0 radical (unpaired) electrons. The molecule has 1 amide bonds. The molecule has 0 aromatic heterocycles. The number of aryl methyl sites for hydroxylation is 1. The Bertz CT molecular complexity index is 972. The number of rotatable bonds is 6. The highest BCUT2D eigenvalue weighted by Gasteiger charge is 2.20. The van der Waals surface area contributed by atoms with Gasteiger partial charge in [0, 0.05) is 36.9 Å². The molecule has 7 nitrogen and oxygen atoms in total. The zero-order chi connectivity index (χ0) is 21.0. The van der Waals surface area contributed by atoms with Crippen molar-refractivity contribution in [1.82, 2.24) is 9.80 Å². The molecule has 2 aromatic carbocycles. The van der Waals surface area contributed by atoms with Crippen LogP contribution in [-0.2, 0) is 14.8 Å². The lowest BCUT2D eigenvalue weighted by Gasteiger charge is -2.32. The van der Waals surface area contributed by atoms with Gasteiger partial charge in [-0.15, -0.1) is 0 Å². The summed E-state index contributed by atoms with van der Waals surface area (Å²) in [5.41, 5.74) is 1.06. The summed E-state index contributed by atoms with van der Waals surface area (Å²) in [7, 11) is -1.72. The number of piperazine rings is 1. The van der Waals surface area contributed by atoms with Crippen molar-refractivity contribution in [3.8, 4) is 5.75 Å². The van der Waals surface area contributed by atoms with Crippen LogP contribution in [0.1, 0.15) is 5.56 Å². The Labute approximate surface area is 176 Å². The standard InChI is InChI=1S/C20H24ClN3O4S/c1-15-13-18(29(26,27)22-17-5-3-16(21)4-6-17)7-8-19(15)28-14-20(25)24-11-9-23(2)10-12-24/h3-8,13,22H,9-12,14H2,1-2H3. The zero-order valence-electron chi connectivity index (χ0n) is 16.4. The van der Waals surface area contributed by atoms with Gasteiger partial charge in [0.05, 0.1) is 4.90 Å². The van der Waals surface area contributed by atoms with Gasteiger partial charge in [0.25, 0.3) is 15.9 Å². The Kier molecular flexibility index (Phi) is 6.66. The van der Waals surface area contributed by atoms with Crippen molar-refractivity contribution in [3.05, 3.63) is 53.1 Å². The van der Waals surface area contributed by atoms with Crippen LogP contribution in [0.25, 0.3) is 0 Å². The van der Waals surface area contributed by atoms with E-state index in [2.05, 4.69) is 9.62 Å². The van der Waals surface area contributed by atoms with E-state index in [1.54, 1.807) is 42.2 Å². The maximum Gasteiger partial charge on any atom is 0.261 e. The van der Waals surface area contributed by atoms with E-state index in [0.29, 0.717) is 35.1 Å². The van der Waals surface area contributed by atoms with E-state index in [1.807, 2.05) is 7.05 Å². The van der Waals surface area contributed by atoms with E-state index < -0.39 is 10.0 Å². The Morgan fingerprint density at radius 1 is 1.10 bits per heavy atom. The number of hydrogen-bond donors (Lipinski definition) is 1. The molecule has 1 saturated heterocycles. The minimum Gasteiger partial charge on any atom is -0.483 e. The molecule has 0 spiro atoms. The zero-order valence-corrected chi connectivity index (χ0v) is 18.0. The molecule has 1 aliphatic heterocycles. The molecule has 29 heavy (non-hydrogen) atoms. The van der Waals surface area contributed by atoms with Crippen LogP contribution < -0.4 is 9.46 Å². The van der Waals surface area contributed by atoms with Gasteiger partial charge < -0.3 is 14.5 Å². The fourth-order valence-corrected chi connectivity index (χ4v) is 4.24. The second kappa shape index (κ2) is 9.02. The fourth-order valence-electron chi connectivity index (χ4n) is 2.97. The first-order valence-electron chi connectivity index (χ1n) is 9.23. The smallest absolute Gasteiger partial charge is 0.261 e. The van der Waals surface area contributed by atoms with Crippen molar-refractivity contribution < 1.29 is 17.9 Å². The molecule has 0 bridgehead atoms. The number of sulfonamides is 1. The van der Waals surface area contributed by atoms with Crippen molar-refractivity contribution >= 4 is 33.2 Å². The topological polar surface area (TPSA) is 78.9 Å². The number of nitrogens with one attached hydrogen (secondary N) is 1. The minimum absolute atomic E-state index is 0.0698. The summed E-state index contributed by atoms with van der Waals surface area (Å²) in [4.78, 5) is 16.4. The highest BCUT2D eigenvalue weighted by Crippen LogP contribution is 2.24. The lowest BCUT2D eigenvalue weighted by atomic mass is 10.2. The van der Waals surface area contributed by atoms with E-state index >= 15 is 0 Å². The van der Waals surface area contributed by atoms with Gasteiger partial charge in [-0.05, 0) is 62.0 Å². The summed E-state index contributed by atoms with van der Waals surface area (Å²) in [6.45, 7) is 4.74. The summed E-state index contributed by atoms with van der Waals surface area (Å²) in [6.07, 6.45) is 0. The largest absolute Gasteiger partial charge is 0.483 e. The van der Waals surface area contributed by atoms with Crippen LogP contribution in [0.2, 0.25) is 5.02 Å². The van der Waals surface area contributed by atoms with Gasteiger partial charge >= 0.3 is 0 Å². The summed E-state index contributed by atoms with van der Waals surface area (Å²) < 4.78 is 33.4. The molecule has 1 fully saturated rings. The van der Waals surface area contributed by atoms with E-state index in [-0.39, 0.29) is 17.4 Å². The van der Waals surface area contributed by atoms with Gasteiger partial charge in [0.1, 0.15) is 5.75 Å². The Morgan fingerprint density at radius 2 is 1.76 bits per heavy atom. The molecular formula is C20H24ClN3O4S. The molecule has 2 aromatic rings. The molecular weight excluding hydrogens is 414 g/mol. The van der Waals surface area contributed by atoms with Crippen molar-refractivity contribution in [3.63, 3.8) is 0 Å². The maximum atomic E-state index is 12.6. The molecule has 9 heteroatoms. The van der Waals surface area contributed by atoms with Crippen LogP contribution in [0.5, 0.6) is 5.75 Å². The highest BCUT2D eigenvalue weighted by atomic mass is 35.5. The lowest BCUT2D eigenvalue weighted by Crippen LogP contribution is -2.48. The quantitative estimate of drug-likeness (QED) is 0.751. The van der Waals surface area contributed by atoms with Gasteiger partial charge in [0.2, 0.25) is 0 Å². The van der Waals surface area contributed by atoms with Crippen molar-refractivity contribution in [2.75, 3.05) is 44.6 Å². The molecule has 0 unspecified atom stereocenters. The average molecular weight is 438 g/mol. The molecule has 1 heterocycles. The van der Waals surface area contributed by atoms with Crippen LogP contribution in [-0.4, -0.2) is 64.0 Å². The summed E-state index contributed by atoms with van der Waals surface area (Å²) in [5, 5.41) is 0.524. The van der Waals surface area contributed by atoms with E-state index in [0.717, 1.165) is 13.1 Å². The number of carbonyl (C=O) groups excluding carboxylic acids is 1. The lowest BCUT2D eigenvalue weighted by molar-refractivity contribution is -0.134. The van der Waals surface area contributed by atoms with E-state index in [1.165, 1.54) is 12.1 Å². The van der Waals surface area contributed by atoms with Crippen molar-refractivity contribution in [1.29, 1.82) is 0 Å². The summed E-state index contributed by atoms with van der Waals surface area (Å²) in [6, 6.07) is 11.0. The Hall–Kier alpha value is -2.29. The molecule has 0 aliphatic carbocycles. The van der Waals surface area contributed by atoms with Crippen LogP contribution in [0.15, 0.2) is 47.4 Å². The van der Waals surface area contributed by atoms with Gasteiger partial charge in [-0.2, -0.15) is 0 Å². The Morgan fingerprint density at radius 3 is 2.38 bits per heavy atom. The molecule has 1 aliphatic rings. The normalized spacial score (nSPS) is 15.2. The van der Waals surface area contributed by atoms with Crippen LogP contribution in [0, 0.1) is 6.92 Å². The molecule has 1 N–H and O–H groups in total. The third-order valence-electron chi connectivity index (χ3n) is 4.76. The van der Waals surface area contributed by atoms with E-state index in [9.17, 15) is 13.2 Å². The first kappa shape index (κ1) is 21.4. The first-order chi connectivity index (χ1) is 13.7. The maximum absolute atomic E-state index is 12.6. The van der Waals surface area contributed by atoms with Gasteiger partial charge in [-0.25, -0.2) is 8.42 Å². The summed E-state index contributed by atoms with van der Waals surface area (Å²) >= 11 is 5.83. The highest BCUT2D eigenvalue weighted by molar-refractivity contribution is 7.92. The average Bonchev–Trinajstić information content (AvgIpc) is 2.69. The molecule has 156 valence electrons. The van der Waals surface area contributed by atoms with Gasteiger partial charge in [-0.3, -0.25) is 9.52 Å². The van der Waals surface area contributed by atoms with Crippen molar-refractivity contribution in [2.24, 2.45) is 0 Å². The van der Waals surface area contributed by atoms with Gasteiger partial charge in [-0.1, -0.05) is 11.6 Å². The molecule has 3 rings (SSSR count). The second-order valence-electron chi connectivity index (χ2n) is 7.01. The number of amides is 1. The molecule has 0 saturated carbocycles. The number of likely N-dealkylation sites (N-methyl/N-ethyl adjacent to an activating group) is 1. The molecule has 0 atom stereocenters. The number of hydrogen-bond acceptors (Lipinski definition) is 5. The number of ether oxygens (including phenoxy) is 1. The monoisotopic (exact) mass is 437 g/mol. The number of benzene rings is 2. The summed E-state index contributed by atoms with van der Waals surface area (Å²) in [5.74, 6) is 0.413. The predicted molar refractivity (Wildman–Crippen MR) is 113 cm³/mol. The predicted octanol–water partition coefficient (Wildman–Crippen LogP) is 2.60. The second-order valence-corrected chi connectivity index (χ2v) is 9.13. The van der Waals surface area contributed by atoms with Gasteiger partial charge in [0.15, 0.2) is 6.61 Å². The SMILES string of the molecule is Cc1cc(S(=O)(=O)Nc2ccc(Cl)cc2)ccc1OCC(=O)N1CCN(C)CC1.